The fourth-order valence-corrected chi connectivity index (χ4v) is 2.05. The van der Waals surface area contributed by atoms with E-state index in [1.54, 1.807) is 12.1 Å². The van der Waals surface area contributed by atoms with E-state index in [9.17, 15) is 0 Å². The van der Waals surface area contributed by atoms with E-state index >= 15 is 0 Å². The van der Waals surface area contributed by atoms with Crippen molar-refractivity contribution >= 4 is 34.3 Å². The molecule has 0 amide bonds. The molecule has 1 aromatic carbocycles. The summed E-state index contributed by atoms with van der Waals surface area (Å²) in [5.74, 6) is 0.981. The van der Waals surface area contributed by atoms with Crippen LogP contribution in [0.5, 0.6) is 0 Å². The Bertz CT molecular complexity index is 537. The fourth-order valence-electron chi connectivity index (χ4n) is 1.53. The summed E-state index contributed by atoms with van der Waals surface area (Å²) in [7, 11) is 0. The summed E-state index contributed by atoms with van der Waals surface area (Å²) in [5.41, 5.74) is 7.23. The Morgan fingerprint density at radius 3 is 2.71 bits per heavy atom. The Balaban J connectivity index is 2.35. The van der Waals surface area contributed by atoms with Crippen LogP contribution in [0.1, 0.15) is 19.7 Å². The van der Waals surface area contributed by atoms with Crippen LogP contribution in [0.4, 0.5) is 0 Å². The highest BCUT2D eigenvalue weighted by atomic mass is 35.5. The van der Waals surface area contributed by atoms with E-state index < -0.39 is 0 Å². The van der Waals surface area contributed by atoms with E-state index in [0.717, 1.165) is 0 Å². The fraction of sp³-hybridized carbons (Fsp3) is 0.417. The van der Waals surface area contributed by atoms with Gasteiger partial charge in [-0.1, -0.05) is 37.0 Å². The first-order valence-electron chi connectivity index (χ1n) is 5.47. The molecule has 0 aliphatic carbocycles. The number of rotatable bonds is 3. The van der Waals surface area contributed by atoms with Crippen molar-refractivity contribution in [1.82, 2.24) is 4.98 Å². The minimum atomic E-state index is 0.0253. The van der Waals surface area contributed by atoms with Gasteiger partial charge in [0.25, 0.3) is 0 Å². The first-order valence-corrected chi connectivity index (χ1v) is 6.23. The molecule has 0 bridgehead atoms. The molecule has 0 saturated carbocycles. The number of hydrogen-bond donors (Lipinski definition) is 1. The molecule has 0 spiro atoms. The van der Waals surface area contributed by atoms with Crippen LogP contribution in [-0.2, 0) is 6.42 Å². The lowest BCUT2D eigenvalue weighted by Gasteiger charge is -2.12. The number of hydrogen-bond acceptors (Lipinski definition) is 3. The molecule has 2 rings (SSSR count). The zero-order valence-electron chi connectivity index (χ0n) is 9.71. The molecule has 2 N–H and O–H groups in total. The minimum absolute atomic E-state index is 0.0253. The molecule has 5 heteroatoms. The standard InChI is InChI=1S/C12H14Cl2N2O/c1-6(2)9(15)5-11-16-10-4-7(13)3-8(14)12(10)17-11/h3-4,6,9H,5,15H2,1-2H3. The van der Waals surface area contributed by atoms with Crippen molar-refractivity contribution in [3.05, 3.63) is 28.1 Å². The topological polar surface area (TPSA) is 52.0 Å². The van der Waals surface area contributed by atoms with Crippen molar-refractivity contribution in [2.75, 3.05) is 0 Å². The van der Waals surface area contributed by atoms with E-state index in [4.69, 9.17) is 33.4 Å². The maximum atomic E-state index is 6.03. The molecule has 2 aromatic rings. The number of aromatic nitrogens is 1. The van der Waals surface area contributed by atoms with Crippen molar-refractivity contribution in [1.29, 1.82) is 0 Å². The average molecular weight is 273 g/mol. The second kappa shape index (κ2) is 4.84. The van der Waals surface area contributed by atoms with E-state index in [1.807, 2.05) is 0 Å². The number of benzene rings is 1. The molecule has 1 atom stereocenters. The Labute approximate surface area is 110 Å². The summed E-state index contributed by atoms with van der Waals surface area (Å²) < 4.78 is 5.59. The smallest absolute Gasteiger partial charge is 0.197 e. The van der Waals surface area contributed by atoms with Crippen LogP contribution in [0.2, 0.25) is 10.0 Å². The van der Waals surface area contributed by atoms with E-state index in [2.05, 4.69) is 18.8 Å². The van der Waals surface area contributed by atoms with Crippen molar-refractivity contribution in [3.8, 4) is 0 Å². The molecule has 0 radical (unpaired) electrons. The molecular weight excluding hydrogens is 259 g/mol. The Morgan fingerprint density at radius 1 is 1.35 bits per heavy atom. The van der Waals surface area contributed by atoms with E-state index in [1.165, 1.54) is 0 Å². The quantitative estimate of drug-likeness (QED) is 0.928. The Morgan fingerprint density at radius 2 is 2.06 bits per heavy atom. The maximum Gasteiger partial charge on any atom is 0.197 e. The largest absolute Gasteiger partial charge is 0.439 e. The summed E-state index contributed by atoms with van der Waals surface area (Å²) >= 11 is 11.9. The molecule has 1 heterocycles. The monoisotopic (exact) mass is 272 g/mol. The highest BCUT2D eigenvalue weighted by Gasteiger charge is 2.15. The third-order valence-corrected chi connectivity index (χ3v) is 3.22. The molecule has 17 heavy (non-hydrogen) atoms. The third-order valence-electron chi connectivity index (χ3n) is 2.72. The van der Waals surface area contributed by atoms with Gasteiger partial charge in [-0.3, -0.25) is 0 Å². The lowest BCUT2D eigenvalue weighted by molar-refractivity contribution is 0.433. The van der Waals surface area contributed by atoms with Crippen LogP contribution in [-0.4, -0.2) is 11.0 Å². The van der Waals surface area contributed by atoms with Crippen LogP contribution < -0.4 is 5.73 Å². The Kier molecular flexibility index (Phi) is 3.61. The van der Waals surface area contributed by atoms with Crippen LogP contribution in [0.15, 0.2) is 16.5 Å². The highest BCUT2D eigenvalue weighted by molar-refractivity contribution is 6.37. The summed E-state index contributed by atoms with van der Waals surface area (Å²) in [5, 5.41) is 1.03. The second-order valence-corrected chi connectivity index (χ2v) is 5.30. The molecule has 3 nitrogen and oxygen atoms in total. The van der Waals surface area contributed by atoms with Crippen LogP contribution in [0.25, 0.3) is 11.1 Å². The van der Waals surface area contributed by atoms with Gasteiger partial charge in [-0.2, -0.15) is 0 Å². The first-order chi connectivity index (χ1) is 7.97. The van der Waals surface area contributed by atoms with Gasteiger partial charge in [0.05, 0.1) is 5.02 Å². The maximum absolute atomic E-state index is 6.03. The van der Waals surface area contributed by atoms with Gasteiger partial charge in [0.1, 0.15) is 5.52 Å². The lowest BCUT2D eigenvalue weighted by Crippen LogP contribution is -2.28. The molecule has 0 aliphatic rings. The predicted octanol–water partition coefficient (Wildman–Crippen LogP) is 3.66. The van der Waals surface area contributed by atoms with Gasteiger partial charge in [0.2, 0.25) is 0 Å². The molecule has 1 unspecified atom stereocenters. The zero-order chi connectivity index (χ0) is 12.6. The predicted molar refractivity (Wildman–Crippen MR) is 70.5 cm³/mol. The Hall–Kier alpha value is -0.770. The van der Waals surface area contributed by atoms with E-state index in [-0.39, 0.29) is 6.04 Å². The lowest BCUT2D eigenvalue weighted by atomic mass is 10.0. The van der Waals surface area contributed by atoms with Gasteiger partial charge < -0.3 is 10.2 Å². The molecule has 0 saturated heterocycles. The third kappa shape index (κ3) is 2.73. The summed E-state index contributed by atoms with van der Waals surface area (Å²) in [6.07, 6.45) is 0.598. The number of fused-ring (bicyclic) bond motifs is 1. The van der Waals surface area contributed by atoms with Crippen molar-refractivity contribution in [2.45, 2.75) is 26.3 Å². The SMILES string of the molecule is CC(C)C(N)Cc1nc2cc(Cl)cc(Cl)c2o1. The summed E-state index contributed by atoms with van der Waals surface area (Å²) in [6, 6.07) is 3.40. The molecule has 0 aliphatic heterocycles. The normalized spacial score (nSPS) is 13.5. The number of nitrogens with two attached hydrogens (primary N) is 1. The number of nitrogens with zero attached hydrogens (tertiary/aromatic N) is 1. The summed E-state index contributed by atoms with van der Waals surface area (Å²) in [6.45, 7) is 4.13. The highest BCUT2D eigenvalue weighted by Crippen LogP contribution is 2.28. The van der Waals surface area contributed by atoms with Gasteiger partial charge in [-0.15, -0.1) is 0 Å². The average Bonchev–Trinajstić information content (AvgIpc) is 2.60. The first kappa shape index (κ1) is 12.7. The van der Waals surface area contributed by atoms with Gasteiger partial charge in [0, 0.05) is 17.5 Å². The van der Waals surface area contributed by atoms with Crippen molar-refractivity contribution in [3.63, 3.8) is 0 Å². The van der Waals surface area contributed by atoms with Gasteiger partial charge in [-0.05, 0) is 18.1 Å². The van der Waals surface area contributed by atoms with Gasteiger partial charge in [0.15, 0.2) is 11.5 Å². The number of halogens is 2. The van der Waals surface area contributed by atoms with Gasteiger partial charge >= 0.3 is 0 Å². The second-order valence-electron chi connectivity index (χ2n) is 4.46. The number of oxazole rings is 1. The van der Waals surface area contributed by atoms with Crippen LogP contribution >= 0.6 is 23.2 Å². The summed E-state index contributed by atoms with van der Waals surface area (Å²) in [4.78, 5) is 4.34. The molecule has 1 aromatic heterocycles. The van der Waals surface area contributed by atoms with Crippen LogP contribution in [0.3, 0.4) is 0 Å². The van der Waals surface area contributed by atoms with Crippen molar-refractivity contribution in [2.24, 2.45) is 11.7 Å². The minimum Gasteiger partial charge on any atom is -0.439 e. The van der Waals surface area contributed by atoms with Gasteiger partial charge in [-0.25, -0.2) is 4.98 Å². The van der Waals surface area contributed by atoms with Crippen molar-refractivity contribution < 1.29 is 4.42 Å². The molecule has 0 fully saturated rings. The van der Waals surface area contributed by atoms with Crippen LogP contribution in [0, 0.1) is 5.92 Å². The molecular formula is C12H14Cl2N2O. The molecule has 92 valence electrons. The van der Waals surface area contributed by atoms with E-state index in [0.29, 0.717) is 39.4 Å². The zero-order valence-corrected chi connectivity index (χ0v) is 11.2.